The van der Waals surface area contributed by atoms with Crippen LogP contribution in [-0.2, 0) is 0 Å². The molecule has 0 saturated carbocycles. The van der Waals surface area contributed by atoms with Crippen molar-refractivity contribution in [3.05, 3.63) is 78.8 Å². The number of nitrogens with zero attached hydrogens (tertiary/aromatic N) is 2. The fourth-order valence-corrected chi connectivity index (χ4v) is 2.57. The van der Waals surface area contributed by atoms with Crippen LogP contribution in [0.5, 0.6) is 0 Å². The Morgan fingerprint density at radius 3 is 2.62 bits per heavy atom. The second kappa shape index (κ2) is 5.96. The van der Waals surface area contributed by atoms with Crippen LogP contribution in [0.15, 0.2) is 73.1 Å². The fourth-order valence-electron chi connectivity index (χ4n) is 2.57. The van der Waals surface area contributed by atoms with Crippen molar-refractivity contribution >= 4 is 22.5 Å². The SMILES string of the molecule is O=C(Nc1ccc2cc(-c3ccccc3)cnc2c1)c1ccn[nH]1. The lowest BCUT2D eigenvalue weighted by Gasteiger charge is -2.07. The summed E-state index contributed by atoms with van der Waals surface area (Å²) < 4.78 is 0. The van der Waals surface area contributed by atoms with Gasteiger partial charge in [0.15, 0.2) is 0 Å². The molecule has 0 aliphatic rings. The Morgan fingerprint density at radius 2 is 1.83 bits per heavy atom. The predicted molar refractivity (Wildman–Crippen MR) is 93.7 cm³/mol. The zero-order valence-electron chi connectivity index (χ0n) is 12.7. The molecule has 1 amide bonds. The van der Waals surface area contributed by atoms with Gasteiger partial charge in [0.25, 0.3) is 5.91 Å². The van der Waals surface area contributed by atoms with Gasteiger partial charge in [0.2, 0.25) is 0 Å². The van der Waals surface area contributed by atoms with Gasteiger partial charge in [-0.2, -0.15) is 5.10 Å². The standard InChI is InChI=1S/C19H14N4O/c24-19(17-8-9-21-23-17)22-16-7-6-14-10-15(12-20-18(14)11-16)13-4-2-1-3-5-13/h1-12H,(H,21,23)(H,22,24). The van der Waals surface area contributed by atoms with Crippen LogP contribution in [0.25, 0.3) is 22.0 Å². The summed E-state index contributed by atoms with van der Waals surface area (Å²) in [6, 6.07) is 19.5. The highest BCUT2D eigenvalue weighted by Gasteiger charge is 2.08. The number of carbonyl (C=O) groups excluding carboxylic acids is 1. The van der Waals surface area contributed by atoms with Crippen LogP contribution in [0.4, 0.5) is 5.69 Å². The van der Waals surface area contributed by atoms with Crippen LogP contribution >= 0.6 is 0 Å². The molecule has 0 aliphatic carbocycles. The highest BCUT2D eigenvalue weighted by atomic mass is 16.1. The third-order valence-corrected chi connectivity index (χ3v) is 3.79. The number of benzene rings is 2. The lowest BCUT2D eigenvalue weighted by molar-refractivity contribution is 0.102. The number of rotatable bonds is 3. The highest BCUT2D eigenvalue weighted by Crippen LogP contribution is 2.24. The molecule has 0 radical (unpaired) electrons. The summed E-state index contributed by atoms with van der Waals surface area (Å²) in [6.45, 7) is 0. The molecule has 4 aromatic rings. The van der Waals surface area contributed by atoms with Gasteiger partial charge in [0, 0.05) is 29.0 Å². The lowest BCUT2D eigenvalue weighted by atomic mass is 10.1. The van der Waals surface area contributed by atoms with E-state index in [1.165, 1.54) is 0 Å². The number of carbonyl (C=O) groups is 1. The highest BCUT2D eigenvalue weighted by molar-refractivity contribution is 6.03. The minimum absolute atomic E-state index is 0.229. The number of pyridine rings is 1. The Morgan fingerprint density at radius 1 is 0.958 bits per heavy atom. The summed E-state index contributed by atoms with van der Waals surface area (Å²) in [7, 11) is 0. The van der Waals surface area contributed by atoms with E-state index in [0.717, 1.165) is 22.0 Å². The van der Waals surface area contributed by atoms with Gasteiger partial charge in [-0.05, 0) is 29.8 Å². The van der Waals surface area contributed by atoms with E-state index in [1.807, 2.05) is 42.6 Å². The maximum atomic E-state index is 12.0. The van der Waals surface area contributed by atoms with Gasteiger partial charge >= 0.3 is 0 Å². The fraction of sp³-hybridized carbons (Fsp3) is 0. The second-order valence-electron chi connectivity index (χ2n) is 5.42. The average Bonchev–Trinajstić information content (AvgIpc) is 3.17. The Labute approximate surface area is 138 Å². The van der Waals surface area contributed by atoms with E-state index in [1.54, 1.807) is 12.3 Å². The van der Waals surface area contributed by atoms with Crippen molar-refractivity contribution in [1.29, 1.82) is 0 Å². The van der Waals surface area contributed by atoms with Crippen LogP contribution in [0.1, 0.15) is 10.5 Å². The van der Waals surface area contributed by atoms with Gasteiger partial charge < -0.3 is 5.32 Å². The largest absolute Gasteiger partial charge is 0.321 e. The van der Waals surface area contributed by atoms with Gasteiger partial charge in [0.05, 0.1) is 5.52 Å². The molecule has 5 heteroatoms. The molecular formula is C19H14N4O. The minimum atomic E-state index is -0.229. The molecule has 24 heavy (non-hydrogen) atoms. The van der Waals surface area contributed by atoms with E-state index >= 15 is 0 Å². The van der Waals surface area contributed by atoms with Gasteiger partial charge in [-0.1, -0.05) is 36.4 Å². The topological polar surface area (TPSA) is 70.7 Å². The van der Waals surface area contributed by atoms with Gasteiger partial charge in [-0.15, -0.1) is 0 Å². The number of anilines is 1. The van der Waals surface area contributed by atoms with E-state index < -0.39 is 0 Å². The molecule has 2 heterocycles. The third-order valence-electron chi connectivity index (χ3n) is 3.79. The molecule has 2 N–H and O–H groups in total. The summed E-state index contributed by atoms with van der Waals surface area (Å²) in [5, 5.41) is 10.3. The van der Waals surface area contributed by atoms with Crippen molar-refractivity contribution in [1.82, 2.24) is 15.2 Å². The quantitative estimate of drug-likeness (QED) is 0.603. The molecule has 0 saturated heterocycles. The second-order valence-corrected chi connectivity index (χ2v) is 5.42. The summed E-state index contributed by atoms with van der Waals surface area (Å²) >= 11 is 0. The van der Waals surface area contributed by atoms with Crippen molar-refractivity contribution in [2.24, 2.45) is 0 Å². The smallest absolute Gasteiger partial charge is 0.273 e. The number of aromatic amines is 1. The first-order valence-electron chi connectivity index (χ1n) is 7.55. The first-order valence-corrected chi connectivity index (χ1v) is 7.55. The van der Waals surface area contributed by atoms with Crippen LogP contribution < -0.4 is 5.32 Å². The third kappa shape index (κ3) is 2.75. The monoisotopic (exact) mass is 314 g/mol. The molecule has 0 fully saturated rings. The van der Waals surface area contributed by atoms with E-state index in [0.29, 0.717) is 11.4 Å². The van der Waals surface area contributed by atoms with Crippen molar-refractivity contribution < 1.29 is 4.79 Å². The molecule has 2 aromatic heterocycles. The minimum Gasteiger partial charge on any atom is -0.321 e. The lowest BCUT2D eigenvalue weighted by Crippen LogP contribution is -2.12. The van der Waals surface area contributed by atoms with Crippen molar-refractivity contribution in [3.63, 3.8) is 0 Å². The Bertz CT molecular complexity index is 995. The molecule has 2 aromatic carbocycles. The number of amides is 1. The average molecular weight is 314 g/mol. The molecular weight excluding hydrogens is 300 g/mol. The summed E-state index contributed by atoms with van der Waals surface area (Å²) in [6.07, 6.45) is 3.39. The van der Waals surface area contributed by atoms with Gasteiger partial charge in [-0.25, -0.2) is 0 Å². The molecule has 0 spiro atoms. The van der Waals surface area contributed by atoms with E-state index in [2.05, 4.69) is 38.7 Å². The summed E-state index contributed by atoms with van der Waals surface area (Å²) in [5.74, 6) is -0.229. The number of hydrogen-bond acceptors (Lipinski definition) is 3. The van der Waals surface area contributed by atoms with Crippen LogP contribution in [-0.4, -0.2) is 21.1 Å². The number of nitrogens with one attached hydrogen (secondary N) is 2. The Balaban J connectivity index is 1.63. The van der Waals surface area contributed by atoms with E-state index in [9.17, 15) is 4.79 Å². The first kappa shape index (κ1) is 14.1. The zero-order chi connectivity index (χ0) is 16.4. The molecule has 0 unspecified atom stereocenters. The number of H-pyrrole nitrogens is 1. The molecule has 116 valence electrons. The van der Waals surface area contributed by atoms with Gasteiger partial charge in [-0.3, -0.25) is 14.9 Å². The molecule has 5 nitrogen and oxygen atoms in total. The molecule has 0 aliphatic heterocycles. The van der Waals surface area contributed by atoms with E-state index in [-0.39, 0.29) is 5.91 Å². The maximum absolute atomic E-state index is 12.0. The van der Waals surface area contributed by atoms with Crippen LogP contribution in [0.3, 0.4) is 0 Å². The Hall–Kier alpha value is -3.47. The number of hydrogen-bond donors (Lipinski definition) is 2. The van der Waals surface area contributed by atoms with Crippen molar-refractivity contribution in [2.45, 2.75) is 0 Å². The molecule has 0 bridgehead atoms. The Kier molecular flexibility index (Phi) is 3.51. The number of aromatic nitrogens is 3. The van der Waals surface area contributed by atoms with Gasteiger partial charge in [0.1, 0.15) is 5.69 Å². The summed E-state index contributed by atoms with van der Waals surface area (Å²) in [5.41, 5.74) is 4.14. The van der Waals surface area contributed by atoms with Crippen molar-refractivity contribution in [2.75, 3.05) is 5.32 Å². The molecule has 4 rings (SSSR count). The van der Waals surface area contributed by atoms with Crippen LogP contribution in [0.2, 0.25) is 0 Å². The summed E-state index contributed by atoms with van der Waals surface area (Å²) in [4.78, 5) is 16.6. The zero-order valence-corrected chi connectivity index (χ0v) is 12.7. The molecule has 0 atom stereocenters. The van der Waals surface area contributed by atoms with Crippen LogP contribution in [0, 0.1) is 0 Å². The first-order chi connectivity index (χ1) is 11.8. The van der Waals surface area contributed by atoms with E-state index in [4.69, 9.17) is 0 Å². The normalized spacial score (nSPS) is 10.7. The number of fused-ring (bicyclic) bond motifs is 1. The predicted octanol–water partition coefficient (Wildman–Crippen LogP) is 3.88. The maximum Gasteiger partial charge on any atom is 0.273 e. The van der Waals surface area contributed by atoms with Crippen molar-refractivity contribution in [3.8, 4) is 11.1 Å².